The maximum atomic E-state index is 6.38. The Morgan fingerprint density at radius 2 is 1.92 bits per heavy atom. The van der Waals surface area contributed by atoms with Gasteiger partial charge in [0.15, 0.2) is 11.5 Å². The van der Waals surface area contributed by atoms with E-state index in [9.17, 15) is 0 Å². The second-order valence-corrected chi connectivity index (χ2v) is 7.37. The van der Waals surface area contributed by atoms with E-state index in [4.69, 9.17) is 14.2 Å². The normalized spacial score (nSPS) is 30.0. The van der Waals surface area contributed by atoms with Crippen molar-refractivity contribution in [2.75, 3.05) is 27.3 Å². The Kier molecular flexibility index (Phi) is 3.42. The molecular formula is C21H23NO3. The van der Waals surface area contributed by atoms with E-state index in [1.54, 1.807) is 7.11 Å². The van der Waals surface area contributed by atoms with Crippen molar-refractivity contribution < 1.29 is 14.2 Å². The highest BCUT2D eigenvalue weighted by Gasteiger charge is 2.51. The van der Waals surface area contributed by atoms with Gasteiger partial charge in [-0.3, -0.25) is 4.90 Å². The molecule has 0 aromatic heterocycles. The maximum Gasteiger partial charge on any atom is 0.161 e. The third kappa shape index (κ3) is 2.24. The largest absolute Gasteiger partial charge is 0.496 e. The number of hydrogen-bond acceptors (Lipinski definition) is 4. The van der Waals surface area contributed by atoms with Crippen molar-refractivity contribution in [3.63, 3.8) is 0 Å². The Labute approximate surface area is 148 Å². The SMILES string of the molecule is COc1cccc2c1C1C(C2)CN(C)C1[C@H]1COc2ccccc2O1. The van der Waals surface area contributed by atoms with Crippen LogP contribution in [-0.2, 0) is 6.42 Å². The van der Waals surface area contributed by atoms with Crippen molar-refractivity contribution in [1.29, 1.82) is 0 Å². The zero-order valence-corrected chi connectivity index (χ0v) is 14.6. The highest BCUT2D eigenvalue weighted by molar-refractivity contribution is 5.49. The first-order chi connectivity index (χ1) is 12.3. The molecule has 4 heteroatoms. The molecule has 5 rings (SSSR count). The molecule has 3 aliphatic rings. The van der Waals surface area contributed by atoms with Crippen LogP contribution < -0.4 is 14.2 Å². The van der Waals surface area contributed by atoms with E-state index in [-0.39, 0.29) is 6.10 Å². The Morgan fingerprint density at radius 3 is 2.76 bits per heavy atom. The summed E-state index contributed by atoms with van der Waals surface area (Å²) in [7, 11) is 3.98. The number of rotatable bonds is 2. The predicted molar refractivity (Wildman–Crippen MR) is 95.7 cm³/mol. The van der Waals surface area contributed by atoms with Crippen molar-refractivity contribution in [2.24, 2.45) is 5.92 Å². The lowest BCUT2D eigenvalue weighted by molar-refractivity contribution is 0.0314. The first kappa shape index (κ1) is 15.1. The van der Waals surface area contributed by atoms with E-state index in [1.165, 1.54) is 11.1 Å². The molecular weight excluding hydrogens is 314 g/mol. The molecule has 0 amide bonds. The van der Waals surface area contributed by atoms with Crippen LogP contribution in [0, 0.1) is 5.92 Å². The Hall–Kier alpha value is -2.20. The standard InChI is InChI=1S/C21H23NO3/c1-22-11-14-10-13-6-5-9-17(23-2)19(13)20(14)21(22)18-12-24-15-7-3-4-8-16(15)25-18/h3-9,14,18,20-21H,10-12H2,1-2H3/t14?,18-,20?,21?/m1/s1. The van der Waals surface area contributed by atoms with Crippen LogP contribution in [0.2, 0.25) is 0 Å². The lowest BCUT2D eigenvalue weighted by Gasteiger charge is -2.36. The van der Waals surface area contributed by atoms with E-state index >= 15 is 0 Å². The fourth-order valence-corrected chi connectivity index (χ4v) is 5.08. The summed E-state index contributed by atoms with van der Waals surface area (Å²) in [6, 6.07) is 14.7. The van der Waals surface area contributed by atoms with E-state index in [0.717, 1.165) is 30.2 Å². The summed E-state index contributed by atoms with van der Waals surface area (Å²) >= 11 is 0. The topological polar surface area (TPSA) is 30.9 Å². The maximum absolute atomic E-state index is 6.38. The van der Waals surface area contributed by atoms with Crippen molar-refractivity contribution in [3.05, 3.63) is 53.6 Å². The predicted octanol–water partition coefficient (Wildman–Crippen LogP) is 3.11. The van der Waals surface area contributed by atoms with Crippen LogP contribution in [0.5, 0.6) is 17.2 Å². The van der Waals surface area contributed by atoms with Gasteiger partial charge < -0.3 is 14.2 Å². The van der Waals surface area contributed by atoms with E-state index in [2.05, 4.69) is 30.1 Å². The number of methoxy groups -OCH3 is 1. The average molecular weight is 337 g/mol. The number of para-hydroxylation sites is 2. The molecule has 1 fully saturated rings. The molecule has 0 spiro atoms. The molecule has 2 aromatic carbocycles. The van der Waals surface area contributed by atoms with Crippen molar-refractivity contribution in [3.8, 4) is 17.2 Å². The monoisotopic (exact) mass is 337 g/mol. The summed E-state index contributed by atoms with van der Waals surface area (Å²) in [6.07, 6.45) is 1.16. The van der Waals surface area contributed by atoms with Crippen LogP contribution >= 0.6 is 0 Å². The number of hydrogen-bond donors (Lipinski definition) is 0. The molecule has 0 radical (unpaired) electrons. The first-order valence-corrected chi connectivity index (χ1v) is 9.00. The highest BCUT2D eigenvalue weighted by atomic mass is 16.6. The van der Waals surface area contributed by atoms with Gasteiger partial charge in [-0.1, -0.05) is 24.3 Å². The smallest absolute Gasteiger partial charge is 0.161 e. The molecule has 4 nitrogen and oxygen atoms in total. The number of nitrogens with zero attached hydrogens (tertiary/aromatic N) is 1. The Balaban J connectivity index is 1.51. The summed E-state index contributed by atoms with van der Waals surface area (Å²) < 4.78 is 18.1. The van der Waals surface area contributed by atoms with Crippen molar-refractivity contribution >= 4 is 0 Å². The third-order valence-electron chi connectivity index (χ3n) is 6.01. The zero-order chi connectivity index (χ0) is 17.0. The molecule has 130 valence electrons. The van der Waals surface area contributed by atoms with Crippen molar-refractivity contribution in [2.45, 2.75) is 24.5 Å². The second-order valence-electron chi connectivity index (χ2n) is 7.37. The minimum absolute atomic E-state index is 0.0331. The Morgan fingerprint density at radius 1 is 1.08 bits per heavy atom. The summed E-state index contributed by atoms with van der Waals surface area (Å²) in [4.78, 5) is 2.45. The summed E-state index contributed by atoms with van der Waals surface area (Å²) in [5.41, 5.74) is 2.82. The molecule has 1 saturated heterocycles. The Bertz CT molecular complexity index is 805. The number of fused-ring (bicyclic) bond motifs is 4. The number of ether oxygens (including phenoxy) is 3. The molecule has 2 heterocycles. The average Bonchev–Trinajstić information content (AvgIpc) is 3.15. The van der Waals surface area contributed by atoms with Gasteiger partial charge in [0.05, 0.1) is 13.2 Å². The van der Waals surface area contributed by atoms with Crippen LogP contribution in [0.1, 0.15) is 17.0 Å². The van der Waals surface area contributed by atoms with Gasteiger partial charge in [0.1, 0.15) is 18.5 Å². The molecule has 0 N–H and O–H groups in total. The quantitative estimate of drug-likeness (QED) is 0.843. The van der Waals surface area contributed by atoms with E-state index in [1.807, 2.05) is 24.3 Å². The highest BCUT2D eigenvalue weighted by Crippen LogP contribution is 2.51. The molecule has 0 bridgehead atoms. The summed E-state index contributed by atoms with van der Waals surface area (Å²) in [5.74, 6) is 3.79. The minimum Gasteiger partial charge on any atom is -0.496 e. The third-order valence-corrected chi connectivity index (χ3v) is 6.01. The number of likely N-dealkylation sites (tertiary alicyclic amines) is 1. The molecule has 2 aromatic rings. The summed E-state index contributed by atoms with van der Waals surface area (Å²) in [6.45, 7) is 1.69. The second kappa shape index (κ2) is 5.67. The van der Waals surface area contributed by atoms with Gasteiger partial charge in [0, 0.05) is 18.0 Å². The molecule has 25 heavy (non-hydrogen) atoms. The van der Waals surface area contributed by atoms with Crippen LogP contribution in [-0.4, -0.2) is 44.4 Å². The van der Waals surface area contributed by atoms with E-state index < -0.39 is 0 Å². The fourth-order valence-electron chi connectivity index (χ4n) is 5.08. The molecule has 2 aliphatic heterocycles. The van der Waals surface area contributed by atoms with Crippen LogP contribution in [0.3, 0.4) is 0 Å². The van der Waals surface area contributed by atoms with Crippen LogP contribution in [0.25, 0.3) is 0 Å². The zero-order valence-electron chi connectivity index (χ0n) is 14.6. The van der Waals surface area contributed by atoms with Crippen LogP contribution in [0.15, 0.2) is 42.5 Å². The van der Waals surface area contributed by atoms with Gasteiger partial charge in [0.2, 0.25) is 0 Å². The van der Waals surface area contributed by atoms with Gasteiger partial charge in [0.25, 0.3) is 0 Å². The van der Waals surface area contributed by atoms with Gasteiger partial charge >= 0.3 is 0 Å². The van der Waals surface area contributed by atoms with Gasteiger partial charge in [-0.15, -0.1) is 0 Å². The fraction of sp³-hybridized carbons (Fsp3) is 0.429. The molecule has 1 aliphatic carbocycles. The lowest BCUT2D eigenvalue weighted by atomic mass is 9.86. The first-order valence-electron chi connectivity index (χ1n) is 9.00. The van der Waals surface area contributed by atoms with E-state index in [0.29, 0.717) is 24.5 Å². The van der Waals surface area contributed by atoms with Crippen LogP contribution in [0.4, 0.5) is 0 Å². The molecule has 0 saturated carbocycles. The van der Waals surface area contributed by atoms with Crippen molar-refractivity contribution in [1.82, 2.24) is 4.90 Å². The molecule has 3 unspecified atom stereocenters. The van der Waals surface area contributed by atoms with Gasteiger partial charge in [-0.25, -0.2) is 0 Å². The van der Waals surface area contributed by atoms with Gasteiger partial charge in [-0.2, -0.15) is 0 Å². The molecule has 4 atom stereocenters. The lowest BCUT2D eigenvalue weighted by Crippen LogP contribution is -2.47. The minimum atomic E-state index is 0.0331. The summed E-state index contributed by atoms with van der Waals surface area (Å²) in [5, 5.41) is 0. The number of likely N-dealkylation sites (N-methyl/N-ethyl adjacent to an activating group) is 1. The van der Waals surface area contributed by atoms with Gasteiger partial charge in [-0.05, 0) is 43.1 Å². The number of benzene rings is 2.